The molecule has 0 spiro atoms. The third-order valence-corrected chi connectivity index (χ3v) is 7.07. The molecule has 0 aliphatic carbocycles. The molecule has 1 amide bonds. The summed E-state index contributed by atoms with van der Waals surface area (Å²) < 4.78 is 0. The summed E-state index contributed by atoms with van der Waals surface area (Å²) in [5, 5.41) is 4.86. The molecule has 31 heavy (non-hydrogen) atoms. The first-order valence-corrected chi connectivity index (χ1v) is 12.0. The average Bonchev–Trinajstić information content (AvgIpc) is 3.09. The Morgan fingerprint density at radius 2 is 1.74 bits per heavy atom. The van der Waals surface area contributed by atoms with E-state index in [2.05, 4.69) is 67.2 Å². The lowest BCUT2D eigenvalue weighted by molar-refractivity contribution is -0.113. The zero-order valence-electron chi connectivity index (χ0n) is 18.1. The second kappa shape index (κ2) is 8.81. The van der Waals surface area contributed by atoms with Crippen molar-refractivity contribution >= 4 is 44.9 Å². The minimum Gasteiger partial charge on any atom is -0.325 e. The standard InChI is InChI=1S/C25H25N3OS2/c1-16-21(17-8-6-5-7-9-17)22-23(26-15-27-24(22)31-16)30-14-20(29)28-19-12-10-18(11-13-19)25(2,3)4/h5-13,15H,14H2,1-4H3,(H,28,29). The number of rotatable bonds is 5. The zero-order valence-corrected chi connectivity index (χ0v) is 19.7. The number of aromatic nitrogens is 2. The highest BCUT2D eigenvalue weighted by Gasteiger charge is 2.18. The minimum atomic E-state index is -0.0477. The number of hydrogen-bond acceptors (Lipinski definition) is 5. The van der Waals surface area contributed by atoms with Crippen molar-refractivity contribution in [1.82, 2.24) is 9.97 Å². The van der Waals surface area contributed by atoms with Crippen LogP contribution in [0.25, 0.3) is 21.3 Å². The number of nitrogens with one attached hydrogen (secondary N) is 1. The molecule has 2 aromatic heterocycles. The molecule has 0 aliphatic heterocycles. The molecular weight excluding hydrogens is 422 g/mol. The molecule has 4 nitrogen and oxygen atoms in total. The number of thiophene rings is 1. The maximum atomic E-state index is 12.6. The van der Waals surface area contributed by atoms with Crippen molar-refractivity contribution in [2.75, 3.05) is 11.1 Å². The van der Waals surface area contributed by atoms with E-state index in [1.54, 1.807) is 17.7 Å². The van der Waals surface area contributed by atoms with Crippen LogP contribution in [0.3, 0.4) is 0 Å². The highest BCUT2D eigenvalue weighted by molar-refractivity contribution is 8.00. The van der Waals surface area contributed by atoms with Gasteiger partial charge in [0.2, 0.25) is 5.91 Å². The monoisotopic (exact) mass is 447 g/mol. The number of hydrogen-bond donors (Lipinski definition) is 1. The van der Waals surface area contributed by atoms with Crippen LogP contribution in [0.5, 0.6) is 0 Å². The Morgan fingerprint density at radius 3 is 2.42 bits per heavy atom. The third kappa shape index (κ3) is 4.81. The number of aryl methyl sites for hydroxylation is 1. The Kier molecular flexibility index (Phi) is 6.12. The van der Waals surface area contributed by atoms with Gasteiger partial charge in [0, 0.05) is 16.1 Å². The van der Waals surface area contributed by atoms with E-state index in [-0.39, 0.29) is 17.1 Å². The van der Waals surface area contributed by atoms with E-state index >= 15 is 0 Å². The number of thioether (sulfide) groups is 1. The first kappa shape index (κ1) is 21.5. The summed E-state index contributed by atoms with van der Waals surface area (Å²) >= 11 is 3.11. The van der Waals surface area contributed by atoms with E-state index in [9.17, 15) is 4.79 Å². The van der Waals surface area contributed by atoms with Crippen molar-refractivity contribution in [3.8, 4) is 11.1 Å². The molecular formula is C25H25N3OS2. The molecule has 4 aromatic rings. The highest BCUT2D eigenvalue weighted by atomic mass is 32.2. The molecule has 158 valence electrons. The van der Waals surface area contributed by atoms with Gasteiger partial charge in [0.1, 0.15) is 16.2 Å². The van der Waals surface area contributed by atoms with E-state index in [4.69, 9.17) is 0 Å². The van der Waals surface area contributed by atoms with Crippen LogP contribution in [0.2, 0.25) is 0 Å². The summed E-state index contributed by atoms with van der Waals surface area (Å²) in [6, 6.07) is 18.3. The van der Waals surface area contributed by atoms with E-state index in [1.807, 2.05) is 30.3 Å². The fourth-order valence-corrected chi connectivity index (χ4v) is 5.35. The van der Waals surface area contributed by atoms with Crippen molar-refractivity contribution < 1.29 is 4.79 Å². The van der Waals surface area contributed by atoms with Crippen LogP contribution in [0.1, 0.15) is 31.2 Å². The smallest absolute Gasteiger partial charge is 0.234 e. The molecule has 6 heteroatoms. The minimum absolute atomic E-state index is 0.0477. The van der Waals surface area contributed by atoms with Gasteiger partial charge < -0.3 is 5.32 Å². The topological polar surface area (TPSA) is 54.9 Å². The lowest BCUT2D eigenvalue weighted by atomic mass is 9.87. The summed E-state index contributed by atoms with van der Waals surface area (Å²) in [5.74, 6) is 0.240. The number of benzene rings is 2. The molecule has 0 atom stereocenters. The van der Waals surface area contributed by atoms with Crippen molar-refractivity contribution in [2.45, 2.75) is 38.1 Å². The van der Waals surface area contributed by atoms with Gasteiger partial charge in [0.15, 0.2) is 0 Å². The Labute approximate surface area is 191 Å². The van der Waals surface area contributed by atoms with Crippen LogP contribution in [-0.4, -0.2) is 21.6 Å². The second-order valence-corrected chi connectivity index (χ2v) is 10.6. The Balaban J connectivity index is 1.52. The Bertz CT molecular complexity index is 1210. The fourth-order valence-electron chi connectivity index (χ4n) is 3.46. The van der Waals surface area contributed by atoms with E-state index in [1.165, 1.54) is 22.2 Å². The largest absolute Gasteiger partial charge is 0.325 e. The highest BCUT2D eigenvalue weighted by Crippen LogP contribution is 2.41. The maximum Gasteiger partial charge on any atom is 0.234 e. The second-order valence-electron chi connectivity index (χ2n) is 8.42. The van der Waals surface area contributed by atoms with Crippen LogP contribution in [-0.2, 0) is 10.2 Å². The van der Waals surface area contributed by atoms with E-state index in [0.29, 0.717) is 0 Å². The molecule has 0 radical (unpaired) electrons. The van der Waals surface area contributed by atoms with Crippen molar-refractivity contribution in [1.29, 1.82) is 0 Å². The van der Waals surface area contributed by atoms with Gasteiger partial charge in [-0.1, -0.05) is 75.0 Å². The van der Waals surface area contributed by atoms with Crippen LogP contribution < -0.4 is 5.32 Å². The van der Waals surface area contributed by atoms with Gasteiger partial charge in [0.05, 0.1) is 11.1 Å². The van der Waals surface area contributed by atoms with Gasteiger partial charge >= 0.3 is 0 Å². The molecule has 0 saturated carbocycles. The molecule has 1 N–H and O–H groups in total. The molecule has 0 aliphatic rings. The number of fused-ring (bicyclic) bond motifs is 1. The number of nitrogens with zero attached hydrogens (tertiary/aromatic N) is 2. The predicted molar refractivity (Wildman–Crippen MR) is 132 cm³/mol. The van der Waals surface area contributed by atoms with Crippen molar-refractivity contribution in [3.63, 3.8) is 0 Å². The molecule has 0 saturated heterocycles. The first-order valence-electron chi connectivity index (χ1n) is 10.2. The zero-order chi connectivity index (χ0) is 22.0. The van der Waals surface area contributed by atoms with Crippen LogP contribution in [0, 0.1) is 6.92 Å². The lowest BCUT2D eigenvalue weighted by Crippen LogP contribution is -2.15. The summed E-state index contributed by atoms with van der Waals surface area (Å²) in [5.41, 5.74) is 4.44. The van der Waals surface area contributed by atoms with Gasteiger partial charge in [-0.05, 0) is 35.6 Å². The number of amides is 1. The average molecular weight is 448 g/mol. The molecule has 0 fully saturated rings. The quantitative estimate of drug-likeness (QED) is 0.273. The van der Waals surface area contributed by atoms with E-state index < -0.39 is 0 Å². The lowest BCUT2D eigenvalue weighted by Gasteiger charge is -2.19. The van der Waals surface area contributed by atoms with Gasteiger partial charge in [0.25, 0.3) is 0 Å². The predicted octanol–water partition coefficient (Wildman–Crippen LogP) is 6.70. The summed E-state index contributed by atoms with van der Waals surface area (Å²) in [7, 11) is 0. The fraction of sp³-hybridized carbons (Fsp3) is 0.240. The third-order valence-electron chi connectivity index (χ3n) is 5.07. The Hall–Kier alpha value is -2.70. The first-order chi connectivity index (χ1) is 14.8. The van der Waals surface area contributed by atoms with Gasteiger partial charge in [-0.15, -0.1) is 11.3 Å². The molecule has 2 heterocycles. The van der Waals surface area contributed by atoms with E-state index in [0.717, 1.165) is 32.1 Å². The molecule has 0 unspecified atom stereocenters. The SMILES string of the molecule is Cc1sc2ncnc(SCC(=O)Nc3ccc(C(C)(C)C)cc3)c2c1-c1ccccc1. The van der Waals surface area contributed by atoms with Gasteiger partial charge in [-0.25, -0.2) is 9.97 Å². The van der Waals surface area contributed by atoms with Gasteiger partial charge in [-0.2, -0.15) is 0 Å². The summed E-state index contributed by atoms with van der Waals surface area (Å²) in [6.07, 6.45) is 1.58. The number of carbonyl (C=O) groups is 1. The normalized spacial score (nSPS) is 11.6. The van der Waals surface area contributed by atoms with Crippen LogP contribution >= 0.6 is 23.1 Å². The number of anilines is 1. The molecule has 2 aromatic carbocycles. The molecule has 0 bridgehead atoms. The van der Waals surface area contributed by atoms with Crippen LogP contribution in [0.15, 0.2) is 66.0 Å². The van der Waals surface area contributed by atoms with Crippen molar-refractivity contribution in [3.05, 3.63) is 71.4 Å². The summed E-state index contributed by atoms with van der Waals surface area (Å²) in [4.78, 5) is 23.7. The Morgan fingerprint density at radius 1 is 1.03 bits per heavy atom. The van der Waals surface area contributed by atoms with Crippen LogP contribution in [0.4, 0.5) is 5.69 Å². The number of carbonyl (C=O) groups excluding carboxylic acids is 1. The van der Waals surface area contributed by atoms with Crippen molar-refractivity contribution in [2.24, 2.45) is 0 Å². The molecule has 4 rings (SSSR count). The summed E-state index contributed by atoms with van der Waals surface area (Å²) in [6.45, 7) is 8.64. The maximum absolute atomic E-state index is 12.6. The van der Waals surface area contributed by atoms with Gasteiger partial charge in [-0.3, -0.25) is 4.79 Å².